The molecule has 1 aliphatic rings. The molecule has 1 unspecified atom stereocenters. The van der Waals surface area contributed by atoms with Crippen molar-refractivity contribution in [3.63, 3.8) is 0 Å². The SMILES string of the molecule is Cc1ccn2c(CC3CCCS3(=O)=O)nnc2c1. The first-order valence-electron chi connectivity index (χ1n) is 6.08. The molecular formula is C12H15N3O2S. The van der Waals surface area contributed by atoms with Crippen LogP contribution in [-0.2, 0) is 16.3 Å². The largest absolute Gasteiger partial charge is 0.286 e. The second kappa shape index (κ2) is 4.05. The van der Waals surface area contributed by atoms with E-state index in [1.54, 1.807) is 0 Å². The Morgan fingerprint density at radius 1 is 1.44 bits per heavy atom. The van der Waals surface area contributed by atoms with Gasteiger partial charge in [-0.05, 0) is 37.5 Å². The molecule has 3 rings (SSSR count). The lowest BCUT2D eigenvalue weighted by atomic mass is 10.2. The van der Waals surface area contributed by atoms with E-state index in [9.17, 15) is 8.42 Å². The Morgan fingerprint density at radius 2 is 2.28 bits per heavy atom. The summed E-state index contributed by atoms with van der Waals surface area (Å²) in [4.78, 5) is 0. The quantitative estimate of drug-likeness (QED) is 0.817. The van der Waals surface area contributed by atoms with Gasteiger partial charge in [0.05, 0.1) is 11.0 Å². The third kappa shape index (κ3) is 1.90. The predicted octanol–water partition coefficient (Wildman–Crippen LogP) is 1.16. The number of fused-ring (bicyclic) bond motifs is 1. The maximum absolute atomic E-state index is 11.8. The van der Waals surface area contributed by atoms with Crippen LogP contribution in [0.1, 0.15) is 24.2 Å². The lowest BCUT2D eigenvalue weighted by molar-refractivity contribution is 0.585. The highest BCUT2D eigenvalue weighted by Crippen LogP contribution is 2.23. The summed E-state index contributed by atoms with van der Waals surface area (Å²) in [5, 5.41) is 7.92. The summed E-state index contributed by atoms with van der Waals surface area (Å²) in [5.41, 5.74) is 1.90. The van der Waals surface area contributed by atoms with Gasteiger partial charge in [-0.15, -0.1) is 10.2 Å². The van der Waals surface area contributed by atoms with E-state index in [-0.39, 0.29) is 5.25 Å². The van der Waals surface area contributed by atoms with Crippen LogP contribution in [-0.4, -0.2) is 34.0 Å². The topological polar surface area (TPSA) is 64.3 Å². The minimum absolute atomic E-state index is 0.286. The molecule has 5 nitrogen and oxygen atoms in total. The average Bonchev–Trinajstić information content (AvgIpc) is 2.84. The fraction of sp³-hybridized carbons (Fsp3) is 0.500. The zero-order valence-corrected chi connectivity index (χ0v) is 11.0. The number of sulfone groups is 1. The van der Waals surface area contributed by atoms with E-state index >= 15 is 0 Å². The summed E-state index contributed by atoms with van der Waals surface area (Å²) in [6, 6.07) is 3.92. The van der Waals surface area contributed by atoms with Crippen molar-refractivity contribution in [1.29, 1.82) is 0 Å². The molecule has 0 bridgehead atoms. The van der Waals surface area contributed by atoms with Gasteiger partial charge in [0.15, 0.2) is 15.5 Å². The van der Waals surface area contributed by atoms with Crippen LogP contribution < -0.4 is 0 Å². The van der Waals surface area contributed by atoms with Crippen molar-refractivity contribution in [2.75, 3.05) is 5.75 Å². The van der Waals surface area contributed by atoms with E-state index in [4.69, 9.17) is 0 Å². The van der Waals surface area contributed by atoms with Crippen LogP contribution in [0.2, 0.25) is 0 Å². The van der Waals surface area contributed by atoms with Crippen molar-refractivity contribution in [3.05, 3.63) is 29.7 Å². The Kier molecular flexibility index (Phi) is 2.62. The van der Waals surface area contributed by atoms with E-state index in [1.807, 2.05) is 29.7 Å². The zero-order valence-electron chi connectivity index (χ0n) is 10.2. The summed E-state index contributed by atoms with van der Waals surface area (Å²) in [7, 11) is -2.92. The third-order valence-corrected chi connectivity index (χ3v) is 5.78. The molecule has 0 amide bonds. The highest BCUT2D eigenvalue weighted by atomic mass is 32.2. The Morgan fingerprint density at radius 3 is 3.00 bits per heavy atom. The molecule has 0 aromatic carbocycles. The molecule has 0 aliphatic carbocycles. The van der Waals surface area contributed by atoms with Gasteiger partial charge in [-0.25, -0.2) is 8.42 Å². The molecule has 0 N–H and O–H groups in total. The van der Waals surface area contributed by atoms with E-state index in [2.05, 4.69) is 10.2 Å². The zero-order chi connectivity index (χ0) is 12.8. The van der Waals surface area contributed by atoms with E-state index in [0.29, 0.717) is 12.2 Å². The number of hydrogen-bond acceptors (Lipinski definition) is 4. The van der Waals surface area contributed by atoms with Gasteiger partial charge in [-0.2, -0.15) is 0 Å². The summed E-state index contributed by atoms with van der Waals surface area (Å²) in [5.74, 6) is 1.05. The standard InChI is InChI=1S/C12H15N3O2S/c1-9-4-5-15-11(7-9)13-14-12(15)8-10-3-2-6-18(10,16)17/h4-5,7,10H,2-3,6,8H2,1H3. The maximum Gasteiger partial charge on any atom is 0.161 e. The minimum atomic E-state index is -2.92. The first kappa shape index (κ1) is 11.6. The molecule has 18 heavy (non-hydrogen) atoms. The van der Waals surface area contributed by atoms with Gasteiger partial charge in [0.25, 0.3) is 0 Å². The second-order valence-electron chi connectivity index (χ2n) is 4.88. The highest BCUT2D eigenvalue weighted by molar-refractivity contribution is 7.92. The predicted molar refractivity (Wildman–Crippen MR) is 68.2 cm³/mol. The second-order valence-corrected chi connectivity index (χ2v) is 7.28. The number of aromatic nitrogens is 3. The van der Waals surface area contributed by atoms with Crippen LogP contribution in [0, 0.1) is 6.92 Å². The molecular weight excluding hydrogens is 250 g/mol. The Hall–Kier alpha value is -1.43. The van der Waals surface area contributed by atoms with Crippen molar-refractivity contribution in [3.8, 4) is 0 Å². The van der Waals surface area contributed by atoms with Gasteiger partial charge in [-0.3, -0.25) is 4.40 Å². The van der Waals surface area contributed by atoms with Crippen LogP contribution >= 0.6 is 0 Å². The van der Waals surface area contributed by atoms with Crippen LogP contribution in [0.3, 0.4) is 0 Å². The van der Waals surface area contributed by atoms with Gasteiger partial charge in [0.1, 0.15) is 5.82 Å². The van der Waals surface area contributed by atoms with Crippen molar-refractivity contribution < 1.29 is 8.42 Å². The van der Waals surface area contributed by atoms with Crippen molar-refractivity contribution >= 4 is 15.5 Å². The smallest absolute Gasteiger partial charge is 0.161 e. The summed E-state index contributed by atoms with van der Waals surface area (Å²) >= 11 is 0. The molecule has 0 radical (unpaired) electrons. The van der Waals surface area contributed by atoms with Crippen LogP contribution in [0.5, 0.6) is 0 Å². The molecule has 0 spiro atoms. The normalized spacial score (nSPS) is 22.6. The van der Waals surface area contributed by atoms with Crippen LogP contribution in [0.15, 0.2) is 18.3 Å². The van der Waals surface area contributed by atoms with Gasteiger partial charge in [0.2, 0.25) is 0 Å². The number of hydrogen-bond donors (Lipinski definition) is 0. The molecule has 1 fully saturated rings. The molecule has 1 atom stereocenters. The number of nitrogens with zero attached hydrogens (tertiary/aromatic N) is 3. The van der Waals surface area contributed by atoms with E-state index in [0.717, 1.165) is 29.9 Å². The maximum atomic E-state index is 11.8. The minimum Gasteiger partial charge on any atom is -0.286 e. The molecule has 6 heteroatoms. The molecule has 96 valence electrons. The molecule has 3 heterocycles. The molecule has 2 aromatic rings. The third-order valence-electron chi connectivity index (χ3n) is 3.51. The first-order valence-corrected chi connectivity index (χ1v) is 7.80. The monoisotopic (exact) mass is 265 g/mol. The number of pyridine rings is 1. The van der Waals surface area contributed by atoms with Crippen molar-refractivity contribution in [2.45, 2.75) is 31.4 Å². The first-order chi connectivity index (χ1) is 8.56. The Labute approximate surface area is 106 Å². The van der Waals surface area contributed by atoms with E-state index in [1.165, 1.54) is 0 Å². The van der Waals surface area contributed by atoms with Gasteiger partial charge in [-0.1, -0.05) is 0 Å². The van der Waals surface area contributed by atoms with Crippen LogP contribution in [0.4, 0.5) is 0 Å². The summed E-state index contributed by atoms with van der Waals surface area (Å²) < 4.78 is 25.5. The summed E-state index contributed by atoms with van der Waals surface area (Å²) in [6.45, 7) is 2.00. The van der Waals surface area contributed by atoms with E-state index < -0.39 is 9.84 Å². The lowest BCUT2D eigenvalue weighted by Crippen LogP contribution is -2.19. The van der Waals surface area contributed by atoms with Gasteiger partial charge >= 0.3 is 0 Å². The Bertz CT molecular complexity index is 690. The number of aryl methyl sites for hydroxylation is 1. The lowest BCUT2D eigenvalue weighted by Gasteiger charge is -2.07. The van der Waals surface area contributed by atoms with Crippen LogP contribution in [0.25, 0.3) is 5.65 Å². The fourth-order valence-corrected chi connectivity index (χ4v) is 4.30. The molecule has 1 aliphatic heterocycles. The fourth-order valence-electron chi connectivity index (χ4n) is 2.47. The average molecular weight is 265 g/mol. The summed E-state index contributed by atoms with van der Waals surface area (Å²) in [6.07, 6.45) is 3.88. The Balaban J connectivity index is 1.96. The van der Waals surface area contributed by atoms with Crippen molar-refractivity contribution in [2.24, 2.45) is 0 Å². The number of rotatable bonds is 2. The molecule has 0 saturated carbocycles. The highest BCUT2D eigenvalue weighted by Gasteiger charge is 2.32. The van der Waals surface area contributed by atoms with Gasteiger partial charge < -0.3 is 0 Å². The van der Waals surface area contributed by atoms with Gasteiger partial charge in [0, 0.05) is 12.6 Å². The van der Waals surface area contributed by atoms with Crippen molar-refractivity contribution in [1.82, 2.24) is 14.6 Å². The molecule has 1 saturated heterocycles. The molecule has 2 aromatic heterocycles.